The minimum absolute atomic E-state index is 0.201. The van der Waals surface area contributed by atoms with E-state index in [1.165, 1.54) is 0 Å². The number of carbonyl (C=O) groups is 1. The average Bonchev–Trinajstić information content (AvgIpc) is 2.17. The van der Waals surface area contributed by atoms with E-state index in [0.717, 1.165) is 12.8 Å². The first-order valence-corrected chi connectivity index (χ1v) is 6.03. The lowest BCUT2D eigenvalue weighted by Gasteiger charge is -2.24. The van der Waals surface area contributed by atoms with Gasteiger partial charge in [0, 0.05) is 6.54 Å². The zero-order valence-electron chi connectivity index (χ0n) is 10.9. The lowest BCUT2D eigenvalue weighted by atomic mass is 10.1. The average molecular weight is 231 g/mol. The Morgan fingerprint density at radius 2 is 2.06 bits per heavy atom. The van der Waals surface area contributed by atoms with Gasteiger partial charge in [-0.2, -0.15) is 0 Å². The third-order valence-corrected chi connectivity index (χ3v) is 2.54. The largest absolute Gasteiger partial charge is 0.480 e. The number of rotatable bonds is 9. The zero-order chi connectivity index (χ0) is 12.6. The summed E-state index contributed by atoms with van der Waals surface area (Å²) in [5.74, 6) is -0.736. The summed E-state index contributed by atoms with van der Waals surface area (Å²) in [5, 5.41) is 9.10. The van der Waals surface area contributed by atoms with Gasteiger partial charge in [0.15, 0.2) is 0 Å². The van der Waals surface area contributed by atoms with Crippen molar-refractivity contribution >= 4 is 5.97 Å². The van der Waals surface area contributed by atoms with E-state index in [-0.39, 0.29) is 12.1 Å². The van der Waals surface area contributed by atoms with Crippen molar-refractivity contribution in [3.05, 3.63) is 0 Å². The fourth-order valence-electron chi connectivity index (χ4n) is 1.52. The molecule has 0 aromatic carbocycles. The smallest absolute Gasteiger partial charge is 0.320 e. The van der Waals surface area contributed by atoms with Gasteiger partial charge < -0.3 is 9.84 Å². The van der Waals surface area contributed by atoms with Gasteiger partial charge in [0.1, 0.15) is 6.04 Å². The highest BCUT2D eigenvalue weighted by Crippen LogP contribution is 2.07. The molecule has 0 heterocycles. The number of aliphatic carboxylic acids is 1. The summed E-state index contributed by atoms with van der Waals surface area (Å²) in [6.45, 7) is 7.28. The molecule has 0 radical (unpaired) electrons. The van der Waals surface area contributed by atoms with E-state index in [9.17, 15) is 4.79 Å². The molecule has 4 heteroatoms. The second-order valence-electron chi connectivity index (χ2n) is 4.40. The number of unbranched alkanes of at least 4 members (excludes halogenated alkanes) is 1. The summed E-state index contributed by atoms with van der Waals surface area (Å²) >= 11 is 0. The van der Waals surface area contributed by atoms with E-state index in [1.807, 2.05) is 25.8 Å². The summed E-state index contributed by atoms with van der Waals surface area (Å²) in [7, 11) is 1.85. The van der Waals surface area contributed by atoms with Crippen molar-refractivity contribution in [2.24, 2.45) is 0 Å². The number of nitrogens with zero attached hydrogens (tertiary/aromatic N) is 1. The van der Waals surface area contributed by atoms with Gasteiger partial charge in [-0.05, 0) is 27.3 Å². The number of carboxylic acids is 1. The van der Waals surface area contributed by atoms with E-state index in [2.05, 4.69) is 6.92 Å². The Balaban J connectivity index is 3.96. The minimum Gasteiger partial charge on any atom is -0.480 e. The van der Waals surface area contributed by atoms with Crippen molar-refractivity contribution in [3.8, 4) is 0 Å². The van der Waals surface area contributed by atoms with Crippen LogP contribution in [0.4, 0.5) is 0 Å². The van der Waals surface area contributed by atoms with Gasteiger partial charge in [-0.3, -0.25) is 9.69 Å². The van der Waals surface area contributed by atoms with E-state index < -0.39 is 5.97 Å². The molecule has 0 fully saturated rings. The van der Waals surface area contributed by atoms with Crippen LogP contribution >= 0.6 is 0 Å². The third kappa shape index (κ3) is 6.80. The molecule has 1 N–H and O–H groups in total. The number of carboxylic acid groups (broad SMARTS) is 1. The molecule has 16 heavy (non-hydrogen) atoms. The number of ether oxygens (including phenoxy) is 1. The topological polar surface area (TPSA) is 49.8 Å². The second-order valence-corrected chi connectivity index (χ2v) is 4.40. The highest BCUT2D eigenvalue weighted by molar-refractivity contribution is 5.73. The Morgan fingerprint density at radius 3 is 2.50 bits per heavy atom. The Bertz CT molecular complexity index is 195. The van der Waals surface area contributed by atoms with Crippen LogP contribution in [-0.2, 0) is 9.53 Å². The molecule has 0 saturated carbocycles. The zero-order valence-corrected chi connectivity index (χ0v) is 10.9. The maximum absolute atomic E-state index is 11.1. The molecule has 0 aliphatic carbocycles. The van der Waals surface area contributed by atoms with E-state index >= 15 is 0 Å². The van der Waals surface area contributed by atoms with E-state index in [0.29, 0.717) is 19.6 Å². The lowest BCUT2D eigenvalue weighted by Crippen LogP contribution is -2.40. The Kier molecular flexibility index (Phi) is 8.21. The number of likely N-dealkylation sites (N-methyl/N-ethyl adjacent to an activating group) is 1. The Morgan fingerprint density at radius 1 is 1.44 bits per heavy atom. The molecule has 96 valence electrons. The first-order chi connectivity index (χ1) is 7.49. The molecule has 0 amide bonds. The Labute approximate surface area is 98.6 Å². The molecule has 0 aliphatic rings. The monoisotopic (exact) mass is 231 g/mol. The molecule has 1 unspecified atom stereocenters. The number of hydrogen-bond donors (Lipinski definition) is 1. The first-order valence-electron chi connectivity index (χ1n) is 6.03. The van der Waals surface area contributed by atoms with Crippen molar-refractivity contribution in [3.63, 3.8) is 0 Å². The molecule has 0 aliphatic heterocycles. The maximum Gasteiger partial charge on any atom is 0.320 e. The number of hydrogen-bond acceptors (Lipinski definition) is 3. The van der Waals surface area contributed by atoms with Crippen molar-refractivity contribution < 1.29 is 14.6 Å². The first kappa shape index (κ1) is 15.4. The predicted octanol–water partition coefficient (Wildman–Crippen LogP) is 1.99. The van der Waals surface area contributed by atoms with Gasteiger partial charge >= 0.3 is 5.97 Å². The second kappa shape index (κ2) is 8.53. The van der Waals surface area contributed by atoms with Crippen LogP contribution in [0.25, 0.3) is 0 Å². The van der Waals surface area contributed by atoms with Gasteiger partial charge in [0.2, 0.25) is 0 Å². The van der Waals surface area contributed by atoms with Crippen molar-refractivity contribution in [2.45, 2.75) is 52.2 Å². The van der Waals surface area contributed by atoms with Crippen molar-refractivity contribution in [1.29, 1.82) is 0 Å². The van der Waals surface area contributed by atoms with Crippen molar-refractivity contribution in [1.82, 2.24) is 4.90 Å². The van der Waals surface area contributed by atoms with Crippen LogP contribution < -0.4 is 0 Å². The molecule has 0 aromatic heterocycles. The van der Waals surface area contributed by atoms with Crippen molar-refractivity contribution in [2.75, 3.05) is 20.2 Å². The van der Waals surface area contributed by atoms with E-state index in [1.54, 1.807) is 0 Å². The lowest BCUT2D eigenvalue weighted by molar-refractivity contribution is -0.143. The summed E-state index contributed by atoms with van der Waals surface area (Å²) in [6.07, 6.45) is 2.89. The predicted molar refractivity (Wildman–Crippen MR) is 64.7 cm³/mol. The van der Waals surface area contributed by atoms with Crippen LogP contribution in [-0.4, -0.2) is 48.3 Å². The van der Waals surface area contributed by atoms with Crippen LogP contribution in [0.3, 0.4) is 0 Å². The van der Waals surface area contributed by atoms with Gasteiger partial charge in [-0.15, -0.1) is 0 Å². The van der Waals surface area contributed by atoms with Crippen LogP contribution in [0.2, 0.25) is 0 Å². The van der Waals surface area contributed by atoms with Gasteiger partial charge in [-0.1, -0.05) is 19.8 Å². The fourth-order valence-corrected chi connectivity index (χ4v) is 1.52. The SMILES string of the molecule is CCCCC(C(=O)O)N(C)CCOC(C)C. The van der Waals surface area contributed by atoms with E-state index in [4.69, 9.17) is 9.84 Å². The molecule has 1 atom stereocenters. The minimum atomic E-state index is -0.736. The molecular weight excluding hydrogens is 206 g/mol. The van der Waals surface area contributed by atoms with Crippen LogP contribution in [0.5, 0.6) is 0 Å². The van der Waals surface area contributed by atoms with Crippen LogP contribution in [0, 0.1) is 0 Å². The highest BCUT2D eigenvalue weighted by atomic mass is 16.5. The Hall–Kier alpha value is -0.610. The molecule has 0 rings (SSSR count). The summed E-state index contributed by atoms with van der Waals surface area (Å²) in [4.78, 5) is 12.9. The maximum atomic E-state index is 11.1. The third-order valence-electron chi connectivity index (χ3n) is 2.54. The fraction of sp³-hybridized carbons (Fsp3) is 0.917. The molecule has 0 saturated heterocycles. The molecule has 0 bridgehead atoms. The summed E-state index contributed by atoms with van der Waals surface area (Å²) in [6, 6.07) is -0.379. The molecular formula is C12H25NO3. The van der Waals surface area contributed by atoms with Gasteiger partial charge in [-0.25, -0.2) is 0 Å². The highest BCUT2D eigenvalue weighted by Gasteiger charge is 2.21. The van der Waals surface area contributed by atoms with Gasteiger partial charge in [0.25, 0.3) is 0 Å². The summed E-state index contributed by atoms with van der Waals surface area (Å²) in [5.41, 5.74) is 0. The molecule has 4 nitrogen and oxygen atoms in total. The van der Waals surface area contributed by atoms with Crippen LogP contribution in [0.15, 0.2) is 0 Å². The normalized spacial score (nSPS) is 13.4. The summed E-state index contributed by atoms with van der Waals surface area (Å²) < 4.78 is 5.41. The van der Waals surface area contributed by atoms with Gasteiger partial charge in [0.05, 0.1) is 12.7 Å². The molecule has 0 spiro atoms. The standard InChI is InChI=1S/C12H25NO3/c1-5-6-7-11(12(14)15)13(4)8-9-16-10(2)3/h10-11H,5-9H2,1-4H3,(H,14,15). The van der Waals surface area contributed by atoms with Crippen LogP contribution in [0.1, 0.15) is 40.0 Å². The quantitative estimate of drug-likeness (QED) is 0.659. The molecule has 0 aromatic rings.